The van der Waals surface area contributed by atoms with Gasteiger partial charge < -0.3 is 19.2 Å². The van der Waals surface area contributed by atoms with Gasteiger partial charge >= 0.3 is 0 Å². The van der Waals surface area contributed by atoms with E-state index in [-0.39, 0.29) is 23.9 Å². The highest BCUT2D eigenvalue weighted by molar-refractivity contribution is 6.03. The summed E-state index contributed by atoms with van der Waals surface area (Å²) in [6, 6.07) is 4.19. The molecule has 1 N–H and O–H groups in total. The second-order valence-electron chi connectivity index (χ2n) is 9.77. The van der Waals surface area contributed by atoms with E-state index >= 15 is 0 Å². The summed E-state index contributed by atoms with van der Waals surface area (Å²) in [5, 5.41) is 3.33. The van der Waals surface area contributed by atoms with Crippen LogP contribution in [0.15, 0.2) is 16.5 Å². The van der Waals surface area contributed by atoms with E-state index in [2.05, 4.69) is 5.32 Å². The Morgan fingerprint density at radius 1 is 1.07 bits per heavy atom. The number of carbonyl (C=O) groups is 2. The summed E-state index contributed by atoms with van der Waals surface area (Å²) in [6.07, 6.45) is 11.1. The van der Waals surface area contributed by atoms with Gasteiger partial charge in [-0.1, -0.05) is 38.5 Å². The van der Waals surface area contributed by atoms with Gasteiger partial charge in [0.2, 0.25) is 5.91 Å². The first kappa shape index (κ1) is 19.7. The predicted molar refractivity (Wildman–Crippen MR) is 115 cm³/mol. The van der Waals surface area contributed by atoms with Gasteiger partial charge in [0.05, 0.1) is 12.1 Å². The first-order chi connectivity index (χ1) is 14.5. The minimum Gasteiger partial charge on any atom is -0.460 e. The minimum atomic E-state index is -0.888. The maximum absolute atomic E-state index is 13.8. The van der Waals surface area contributed by atoms with E-state index in [0.717, 1.165) is 55.4 Å². The maximum atomic E-state index is 13.8. The molecular weight excluding hydrogens is 378 g/mol. The van der Waals surface area contributed by atoms with Gasteiger partial charge in [-0.15, -0.1) is 0 Å². The first-order valence-corrected chi connectivity index (χ1v) is 11.7. The zero-order valence-corrected chi connectivity index (χ0v) is 18.2. The van der Waals surface area contributed by atoms with Gasteiger partial charge in [-0.2, -0.15) is 0 Å². The second kappa shape index (κ2) is 7.47. The third kappa shape index (κ3) is 3.15. The van der Waals surface area contributed by atoms with Gasteiger partial charge in [0, 0.05) is 24.2 Å². The molecule has 2 aromatic heterocycles. The third-order valence-corrected chi connectivity index (χ3v) is 7.52. The van der Waals surface area contributed by atoms with E-state index in [9.17, 15) is 9.59 Å². The Bertz CT molecular complexity index is 962. The fourth-order valence-electron chi connectivity index (χ4n) is 5.92. The molecule has 2 fully saturated rings. The summed E-state index contributed by atoms with van der Waals surface area (Å²) in [7, 11) is 0. The van der Waals surface area contributed by atoms with Crippen molar-refractivity contribution in [1.82, 2.24) is 14.8 Å². The quantitative estimate of drug-likeness (QED) is 0.806. The average Bonchev–Trinajstić information content (AvgIpc) is 3.26. The van der Waals surface area contributed by atoms with Crippen LogP contribution in [0.4, 0.5) is 0 Å². The predicted octanol–water partition coefficient (Wildman–Crippen LogP) is 4.54. The lowest BCUT2D eigenvalue weighted by Crippen LogP contribution is -2.67. The van der Waals surface area contributed by atoms with Crippen LogP contribution in [0, 0.1) is 6.92 Å². The minimum absolute atomic E-state index is 0.000963. The number of aryl methyl sites for hydroxylation is 1. The van der Waals surface area contributed by atoms with E-state index in [4.69, 9.17) is 4.42 Å². The number of carbonyl (C=O) groups excluding carboxylic acids is 2. The van der Waals surface area contributed by atoms with Crippen LogP contribution in [0.3, 0.4) is 0 Å². The fraction of sp³-hybridized carbons (Fsp3) is 0.667. The lowest BCUT2D eigenvalue weighted by molar-refractivity contribution is -0.135. The highest BCUT2D eigenvalue weighted by atomic mass is 16.3. The second-order valence-corrected chi connectivity index (χ2v) is 9.77. The van der Waals surface area contributed by atoms with E-state index < -0.39 is 5.54 Å². The van der Waals surface area contributed by atoms with Gasteiger partial charge in [0.25, 0.3) is 5.91 Å². The third-order valence-electron chi connectivity index (χ3n) is 7.52. The van der Waals surface area contributed by atoms with Crippen LogP contribution in [0.1, 0.15) is 87.4 Å². The van der Waals surface area contributed by atoms with Crippen LogP contribution >= 0.6 is 0 Å². The van der Waals surface area contributed by atoms with Crippen LogP contribution in [0.5, 0.6) is 0 Å². The molecule has 0 bridgehead atoms. The van der Waals surface area contributed by atoms with Crippen LogP contribution in [0.25, 0.3) is 11.1 Å². The summed E-state index contributed by atoms with van der Waals surface area (Å²) in [5.74, 6) is 0.797. The number of aromatic nitrogens is 1. The summed E-state index contributed by atoms with van der Waals surface area (Å²) in [5.41, 5.74) is 1.41. The van der Waals surface area contributed by atoms with E-state index in [1.165, 1.54) is 25.7 Å². The maximum Gasteiger partial charge on any atom is 0.271 e. The number of furan rings is 1. The Morgan fingerprint density at radius 2 is 1.73 bits per heavy atom. The lowest BCUT2D eigenvalue weighted by atomic mass is 9.86. The molecule has 162 valence electrons. The SMILES string of the molecule is Cc1cc2c(cc3n2C[C@](C)(C(=O)NC2CCCCC2)N(C2CCCCC2)C3=O)o1. The lowest BCUT2D eigenvalue weighted by Gasteiger charge is -2.49. The molecule has 5 rings (SSSR count). The molecule has 0 spiro atoms. The Kier molecular flexibility index (Phi) is 4.91. The highest BCUT2D eigenvalue weighted by Crippen LogP contribution is 2.38. The smallest absolute Gasteiger partial charge is 0.271 e. The molecule has 2 saturated carbocycles. The van der Waals surface area contributed by atoms with Gasteiger partial charge in [-0.25, -0.2) is 0 Å². The summed E-state index contributed by atoms with van der Waals surface area (Å²) in [6.45, 7) is 4.37. The summed E-state index contributed by atoms with van der Waals surface area (Å²) >= 11 is 0. The van der Waals surface area contributed by atoms with Gasteiger partial charge in [0.15, 0.2) is 5.58 Å². The Labute approximate surface area is 178 Å². The highest BCUT2D eigenvalue weighted by Gasteiger charge is 2.51. The molecule has 0 unspecified atom stereocenters. The number of nitrogens with one attached hydrogen (secondary N) is 1. The molecule has 3 aliphatic rings. The average molecular weight is 412 g/mol. The van der Waals surface area contributed by atoms with Crippen molar-refractivity contribution < 1.29 is 14.0 Å². The molecule has 2 amide bonds. The number of hydrogen-bond donors (Lipinski definition) is 1. The van der Waals surface area contributed by atoms with Crippen LogP contribution in [-0.4, -0.2) is 38.9 Å². The summed E-state index contributed by atoms with van der Waals surface area (Å²) < 4.78 is 7.82. The Hall–Kier alpha value is -2.24. The van der Waals surface area contributed by atoms with Crippen molar-refractivity contribution >= 4 is 22.9 Å². The van der Waals surface area contributed by atoms with E-state index in [1.807, 2.05) is 35.4 Å². The molecule has 1 atom stereocenters. The molecule has 0 saturated heterocycles. The molecule has 0 aromatic carbocycles. The number of amides is 2. The van der Waals surface area contributed by atoms with Gasteiger partial charge in [0.1, 0.15) is 17.0 Å². The fourth-order valence-corrected chi connectivity index (χ4v) is 5.92. The number of hydrogen-bond acceptors (Lipinski definition) is 3. The molecule has 2 aliphatic carbocycles. The molecule has 3 heterocycles. The van der Waals surface area contributed by atoms with Crippen molar-refractivity contribution in [2.24, 2.45) is 0 Å². The molecule has 6 nitrogen and oxygen atoms in total. The number of nitrogens with zero attached hydrogens (tertiary/aromatic N) is 2. The van der Waals surface area contributed by atoms with Crippen molar-refractivity contribution in [1.29, 1.82) is 0 Å². The number of rotatable bonds is 3. The van der Waals surface area contributed by atoms with Crippen molar-refractivity contribution in [2.75, 3.05) is 0 Å². The topological polar surface area (TPSA) is 67.5 Å². The molecule has 2 aromatic rings. The Morgan fingerprint density at radius 3 is 2.43 bits per heavy atom. The zero-order chi connectivity index (χ0) is 20.9. The van der Waals surface area contributed by atoms with Crippen LogP contribution in [0.2, 0.25) is 0 Å². The first-order valence-electron chi connectivity index (χ1n) is 11.7. The number of fused-ring (bicyclic) bond motifs is 3. The van der Waals surface area contributed by atoms with Crippen molar-refractivity contribution in [3.05, 3.63) is 23.6 Å². The van der Waals surface area contributed by atoms with E-state index in [0.29, 0.717) is 12.2 Å². The van der Waals surface area contributed by atoms with Crippen molar-refractivity contribution in [2.45, 2.75) is 102 Å². The van der Waals surface area contributed by atoms with Crippen molar-refractivity contribution in [3.8, 4) is 0 Å². The monoisotopic (exact) mass is 411 g/mol. The molecular formula is C24H33N3O3. The van der Waals surface area contributed by atoms with Gasteiger partial charge in [-0.3, -0.25) is 9.59 Å². The molecule has 1 aliphatic heterocycles. The molecule has 0 radical (unpaired) electrons. The van der Waals surface area contributed by atoms with Crippen LogP contribution in [-0.2, 0) is 11.3 Å². The standard InChI is InChI=1S/C24H33N3O3/c1-16-13-19-21(30-16)14-20-22(28)27(18-11-7-4-8-12-18)24(2,15-26(19)20)23(29)25-17-9-5-3-6-10-17/h13-14,17-18H,3-12,15H2,1-2H3,(H,25,29)/t24-/m1/s1. The largest absolute Gasteiger partial charge is 0.460 e. The van der Waals surface area contributed by atoms with E-state index in [1.54, 1.807) is 0 Å². The molecule has 30 heavy (non-hydrogen) atoms. The normalized spacial score (nSPS) is 26.2. The summed E-state index contributed by atoms with van der Waals surface area (Å²) in [4.78, 5) is 29.4. The zero-order valence-electron chi connectivity index (χ0n) is 18.2. The van der Waals surface area contributed by atoms with Gasteiger partial charge in [-0.05, 0) is 39.5 Å². The van der Waals surface area contributed by atoms with Crippen molar-refractivity contribution in [3.63, 3.8) is 0 Å². The van der Waals surface area contributed by atoms with Crippen LogP contribution < -0.4 is 5.32 Å². The Balaban J connectivity index is 1.54. The molecule has 6 heteroatoms.